The van der Waals surface area contributed by atoms with Crippen molar-refractivity contribution in [3.05, 3.63) is 66.1 Å². The Balaban J connectivity index is 1.17. The highest BCUT2D eigenvalue weighted by atomic mass is 19.1. The zero-order valence-corrected chi connectivity index (χ0v) is 17.1. The van der Waals surface area contributed by atoms with Crippen molar-refractivity contribution < 1.29 is 18.7 Å². The third-order valence-corrected chi connectivity index (χ3v) is 5.29. The number of H-pyrrole nitrogens is 1. The Bertz CT molecular complexity index is 1010. The van der Waals surface area contributed by atoms with E-state index in [-0.39, 0.29) is 24.2 Å². The van der Waals surface area contributed by atoms with Crippen LogP contribution in [-0.4, -0.2) is 72.5 Å². The van der Waals surface area contributed by atoms with Gasteiger partial charge in [0.1, 0.15) is 23.9 Å². The normalized spacial score (nSPS) is 14.5. The molecule has 0 aliphatic carbocycles. The standard InChI is InChI=1S/C23H25FN4O3/c24-18-5-7-19(8-6-18)31-14-9-25-22(29)16-27-10-12-28(13-11-27)23(30)21-15-17-3-1-2-4-20(17)26-21/h1-8,15,26H,9-14,16H2,(H,25,29). The van der Waals surface area contributed by atoms with E-state index in [9.17, 15) is 14.0 Å². The topological polar surface area (TPSA) is 77.7 Å². The van der Waals surface area contributed by atoms with Crippen molar-refractivity contribution >= 4 is 22.7 Å². The summed E-state index contributed by atoms with van der Waals surface area (Å²) in [6, 6.07) is 15.5. The predicted octanol–water partition coefficient (Wildman–Crippen LogP) is 2.26. The number of hydrogen-bond acceptors (Lipinski definition) is 4. The number of benzene rings is 2. The summed E-state index contributed by atoms with van der Waals surface area (Å²) in [4.78, 5) is 32.0. The largest absolute Gasteiger partial charge is 0.492 e. The van der Waals surface area contributed by atoms with E-state index < -0.39 is 0 Å². The summed E-state index contributed by atoms with van der Waals surface area (Å²) in [5, 5.41) is 3.84. The van der Waals surface area contributed by atoms with Gasteiger partial charge in [-0.15, -0.1) is 0 Å². The van der Waals surface area contributed by atoms with Crippen molar-refractivity contribution in [2.45, 2.75) is 0 Å². The lowest BCUT2D eigenvalue weighted by Crippen LogP contribution is -2.51. The van der Waals surface area contributed by atoms with Crippen molar-refractivity contribution in [1.29, 1.82) is 0 Å². The molecule has 1 aliphatic rings. The molecular weight excluding hydrogens is 399 g/mol. The molecule has 8 heteroatoms. The maximum atomic E-state index is 12.9. The van der Waals surface area contributed by atoms with Crippen LogP contribution < -0.4 is 10.1 Å². The van der Waals surface area contributed by atoms with E-state index in [0.717, 1.165) is 10.9 Å². The van der Waals surface area contributed by atoms with Gasteiger partial charge in [-0.2, -0.15) is 0 Å². The number of para-hydroxylation sites is 1. The zero-order valence-electron chi connectivity index (χ0n) is 17.1. The molecule has 2 aromatic carbocycles. The van der Waals surface area contributed by atoms with Gasteiger partial charge in [0.15, 0.2) is 0 Å². The Hall–Kier alpha value is -3.39. The summed E-state index contributed by atoms with van der Waals surface area (Å²) < 4.78 is 18.3. The second-order valence-electron chi connectivity index (χ2n) is 7.49. The first-order valence-electron chi connectivity index (χ1n) is 10.3. The maximum absolute atomic E-state index is 12.9. The van der Waals surface area contributed by atoms with Crippen LogP contribution in [0.2, 0.25) is 0 Å². The van der Waals surface area contributed by atoms with Gasteiger partial charge in [0.2, 0.25) is 5.91 Å². The molecule has 2 N–H and O–H groups in total. The molecule has 7 nitrogen and oxygen atoms in total. The van der Waals surface area contributed by atoms with E-state index in [1.807, 2.05) is 40.1 Å². The zero-order chi connectivity index (χ0) is 21.6. The minimum absolute atomic E-state index is 0.0155. The van der Waals surface area contributed by atoms with Gasteiger partial charge in [-0.25, -0.2) is 4.39 Å². The van der Waals surface area contributed by atoms with Gasteiger partial charge in [0, 0.05) is 37.1 Å². The molecule has 0 spiro atoms. The first-order valence-corrected chi connectivity index (χ1v) is 10.3. The molecule has 1 saturated heterocycles. The van der Waals surface area contributed by atoms with E-state index in [1.54, 1.807) is 12.1 Å². The van der Waals surface area contributed by atoms with Crippen LogP contribution in [0.25, 0.3) is 10.9 Å². The quantitative estimate of drug-likeness (QED) is 0.571. The van der Waals surface area contributed by atoms with Crippen LogP contribution in [0.3, 0.4) is 0 Å². The molecule has 162 valence electrons. The Kier molecular flexibility index (Phi) is 6.47. The number of carbonyl (C=O) groups is 2. The van der Waals surface area contributed by atoms with Crippen molar-refractivity contribution in [2.24, 2.45) is 0 Å². The van der Waals surface area contributed by atoms with E-state index in [0.29, 0.717) is 50.8 Å². The number of nitrogens with one attached hydrogen (secondary N) is 2. The summed E-state index contributed by atoms with van der Waals surface area (Å²) in [6.45, 7) is 3.41. The summed E-state index contributed by atoms with van der Waals surface area (Å²) in [6.07, 6.45) is 0. The highest BCUT2D eigenvalue weighted by molar-refractivity contribution is 5.98. The van der Waals surface area contributed by atoms with E-state index in [2.05, 4.69) is 10.3 Å². The van der Waals surface area contributed by atoms with Crippen molar-refractivity contribution in [2.75, 3.05) is 45.9 Å². The molecule has 1 fully saturated rings. The number of rotatable bonds is 7. The maximum Gasteiger partial charge on any atom is 0.270 e. The minimum atomic E-state index is -0.316. The van der Waals surface area contributed by atoms with Gasteiger partial charge in [0.05, 0.1) is 13.1 Å². The second-order valence-corrected chi connectivity index (χ2v) is 7.49. The number of hydrogen-bond donors (Lipinski definition) is 2. The summed E-state index contributed by atoms with van der Waals surface area (Å²) in [5.41, 5.74) is 1.54. The van der Waals surface area contributed by atoms with E-state index >= 15 is 0 Å². The van der Waals surface area contributed by atoms with Gasteiger partial charge in [-0.3, -0.25) is 14.5 Å². The molecule has 1 aromatic heterocycles. The summed E-state index contributed by atoms with van der Waals surface area (Å²) >= 11 is 0. The van der Waals surface area contributed by atoms with Crippen LogP contribution in [0.1, 0.15) is 10.5 Å². The number of carbonyl (C=O) groups excluding carboxylic acids is 2. The van der Waals surface area contributed by atoms with E-state index in [4.69, 9.17) is 4.74 Å². The lowest BCUT2D eigenvalue weighted by Gasteiger charge is -2.34. The lowest BCUT2D eigenvalue weighted by molar-refractivity contribution is -0.122. The number of ether oxygens (including phenoxy) is 1. The third-order valence-electron chi connectivity index (χ3n) is 5.29. The smallest absolute Gasteiger partial charge is 0.270 e. The number of piperazine rings is 1. The first kappa shape index (κ1) is 20.9. The van der Waals surface area contributed by atoms with Crippen LogP contribution in [0.15, 0.2) is 54.6 Å². The SMILES string of the molecule is O=C(CN1CCN(C(=O)c2cc3ccccc3[nH]2)CC1)NCCOc1ccc(F)cc1. The molecule has 0 bridgehead atoms. The summed E-state index contributed by atoms with van der Waals surface area (Å²) in [7, 11) is 0. The van der Waals surface area contributed by atoms with Crippen LogP contribution >= 0.6 is 0 Å². The van der Waals surface area contributed by atoms with Crippen LogP contribution in [-0.2, 0) is 4.79 Å². The summed E-state index contributed by atoms with van der Waals surface area (Å²) in [5.74, 6) is 0.145. The van der Waals surface area contributed by atoms with Gasteiger partial charge < -0.3 is 19.9 Å². The molecule has 3 aromatic rings. The molecule has 0 atom stereocenters. The highest BCUT2D eigenvalue weighted by Crippen LogP contribution is 2.17. The molecule has 2 heterocycles. The van der Waals surface area contributed by atoms with Crippen LogP contribution in [0, 0.1) is 5.82 Å². The molecule has 0 unspecified atom stereocenters. The van der Waals surface area contributed by atoms with Crippen molar-refractivity contribution in [3.8, 4) is 5.75 Å². The van der Waals surface area contributed by atoms with Crippen LogP contribution in [0.4, 0.5) is 4.39 Å². The lowest BCUT2D eigenvalue weighted by atomic mass is 10.2. The Morgan fingerprint density at radius 3 is 2.52 bits per heavy atom. The fraction of sp³-hybridized carbons (Fsp3) is 0.304. The van der Waals surface area contributed by atoms with Gasteiger partial charge >= 0.3 is 0 Å². The van der Waals surface area contributed by atoms with Crippen LogP contribution in [0.5, 0.6) is 5.75 Å². The molecule has 4 rings (SSSR count). The number of amides is 2. The molecule has 2 amide bonds. The van der Waals surface area contributed by atoms with Gasteiger partial charge in [-0.05, 0) is 36.4 Å². The fourth-order valence-corrected chi connectivity index (χ4v) is 3.62. The fourth-order valence-electron chi connectivity index (χ4n) is 3.62. The Morgan fingerprint density at radius 2 is 1.77 bits per heavy atom. The second kappa shape index (κ2) is 9.61. The first-order chi connectivity index (χ1) is 15.1. The molecule has 31 heavy (non-hydrogen) atoms. The molecule has 0 saturated carbocycles. The van der Waals surface area contributed by atoms with Crippen molar-refractivity contribution in [1.82, 2.24) is 20.1 Å². The van der Waals surface area contributed by atoms with Crippen molar-refractivity contribution in [3.63, 3.8) is 0 Å². The average Bonchev–Trinajstić information content (AvgIpc) is 3.22. The highest BCUT2D eigenvalue weighted by Gasteiger charge is 2.24. The number of nitrogens with zero attached hydrogens (tertiary/aromatic N) is 2. The third kappa shape index (κ3) is 5.40. The molecule has 0 radical (unpaired) electrons. The predicted molar refractivity (Wildman–Crippen MR) is 116 cm³/mol. The average molecular weight is 424 g/mol. The van der Waals surface area contributed by atoms with Gasteiger partial charge in [0.25, 0.3) is 5.91 Å². The monoisotopic (exact) mass is 424 g/mol. The Morgan fingerprint density at radius 1 is 1.03 bits per heavy atom. The van der Waals surface area contributed by atoms with Gasteiger partial charge in [-0.1, -0.05) is 18.2 Å². The molecular formula is C23H25FN4O3. The number of aromatic amines is 1. The van der Waals surface area contributed by atoms with E-state index in [1.165, 1.54) is 12.1 Å². The molecule has 1 aliphatic heterocycles. The number of fused-ring (bicyclic) bond motifs is 1. The Labute approximate surface area is 179 Å². The minimum Gasteiger partial charge on any atom is -0.492 e. The number of aromatic nitrogens is 1. The number of halogens is 1.